The second kappa shape index (κ2) is 5.05. The van der Waals surface area contributed by atoms with E-state index in [1.54, 1.807) is 0 Å². The van der Waals surface area contributed by atoms with Crippen LogP contribution in [0.5, 0.6) is 0 Å². The van der Waals surface area contributed by atoms with Gasteiger partial charge in [-0.15, -0.1) is 0 Å². The van der Waals surface area contributed by atoms with Gasteiger partial charge in [0.15, 0.2) is 0 Å². The summed E-state index contributed by atoms with van der Waals surface area (Å²) < 4.78 is 0. The predicted octanol–water partition coefficient (Wildman–Crippen LogP) is 2.47. The fourth-order valence-electron chi connectivity index (χ4n) is 3.91. The fraction of sp³-hybridized carbons (Fsp3) is 0.875. The molecule has 2 atom stereocenters. The first-order chi connectivity index (χ1) is 9.29. The van der Waals surface area contributed by atoms with Crippen molar-refractivity contribution in [3.8, 4) is 0 Å². The number of piperazine rings is 1. The van der Waals surface area contributed by atoms with Crippen LogP contribution in [0.25, 0.3) is 0 Å². The lowest BCUT2D eigenvalue weighted by atomic mass is 9.81. The van der Waals surface area contributed by atoms with Gasteiger partial charge in [0, 0.05) is 6.04 Å². The Balaban J connectivity index is 2.39. The highest BCUT2D eigenvalue weighted by Gasteiger charge is 2.52. The number of carbonyl (C=O) groups excluding carboxylic acids is 2. The molecule has 2 rings (SSSR count). The van der Waals surface area contributed by atoms with Crippen LogP contribution in [0.3, 0.4) is 0 Å². The molecule has 0 spiro atoms. The molecule has 0 aromatic carbocycles. The highest BCUT2D eigenvalue weighted by atomic mass is 16.2. The highest BCUT2D eigenvalue weighted by Crippen LogP contribution is 2.43. The summed E-state index contributed by atoms with van der Waals surface area (Å²) in [4.78, 5) is 27.3. The number of carbonyl (C=O) groups is 2. The molecule has 2 amide bonds. The lowest BCUT2D eigenvalue weighted by Crippen LogP contribution is -2.71. The SMILES string of the molecule is CCC1(CC)NC(=O)C(C)N(C2CCCC2(C)C)C1=O. The molecule has 2 fully saturated rings. The monoisotopic (exact) mass is 280 g/mol. The minimum atomic E-state index is -0.692. The van der Waals surface area contributed by atoms with Crippen LogP contribution >= 0.6 is 0 Å². The second-order valence-electron chi connectivity index (χ2n) is 7.06. The first-order valence-corrected chi connectivity index (χ1v) is 7.94. The highest BCUT2D eigenvalue weighted by molar-refractivity contribution is 5.99. The van der Waals surface area contributed by atoms with Crippen molar-refractivity contribution in [3.05, 3.63) is 0 Å². The number of amides is 2. The molecule has 2 unspecified atom stereocenters. The Bertz CT molecular complexity index is 413. The van der Waals surface area contributed by atoms with E-state index in [1.807, 2.05) is 25.7 Å². The molecule has 1 heterocycles. The van der Waals surface area contributed by atoms with Crippen molar-refractivity contribution in [2.45, 2.75) is 84.3 Å². The molecule has 1 saturated carbocycles. The summed E-state index contributed by atoms with van der Waals surface area (Å²) in [6.07, 6.45) is 4.59. The predicted molar refractivity (Wildman–Crippen MR) is 79.2 cm³/mol. The fourth-order valence-corrected chi connectivity index (χ4v) is 3.91. The maximum Gasteiger partial charge on any atom is 0.249 e. The zero-order valence-corrected chi connectivity index (χ0v) is 13.5. The number of nitrogens with zero attached hydrogens (tertiary/aromatic N) is 1. The Labute approximate surface area is 122 Å². The van der Waals surface area contributed by atoms with Crippen molar-refractivity contribution in [1.82, 2.24) is 10.2 Å². The zero-order chi connectivity index (χ0) is 15.1. The largest absolute Gasteiger partial charge is 0.340 e. The molecule has 1 aliphatic carbocycles. The van der Waals surface area contributed by atoms with E-state index in [2.05, 4.69) is 19.2 Å². The van der Waals surface area contributed by atoms with E-state index < -0.39 is 5.54 Å². The van der Waals surface area contributed by atoms with Gasteiger partial charge in [0.1, 0.15) is 11.6 Å². The minimum Gasteiger partial charge on any atom is -0.340 e. The third kappa shape index (κ3) is 2.13. The number of hydrogen-bond donors (Lipinski definition) is 1. The van der Waals surface area contributed by atoms with Crippen molar-refractivity contribution < 1.29 is 9.59 Å². The normalized spacial score (nSPS) is 32.4. The Hall–Kier alpha value is -1.06. The van der Waals surface area contributed by atoms with Gasteiger partial charge in [0.05, 0.1) is 0 Å². The summed E-state index contributed by atoms with van der Waals surface area (Å²) in [5.41, 5.74) is -0.586. The van der Waals surface area contributed by atoms with Crippen LogP contribution in [0.4, 0.5) is 0 Å². The number of rotatable bonds is 3. The molecule has 1 saturated heterocycles. The van der Waals surface area contributed by atoms with E-state index in [9.17, 15) is 9.59 Å². The second-order valence-corrected chi connectivity index (χ2v) is 7.06. The third-order valence-electron chi connectivity index (χ3n) is 5.55. The summed E-state index contributed by atoms with van der Waals surface area (Å²) in [5.74, 6) is 0.116. The first-order valence-electron chi connectivity index (χ1n) is 7.94. The van der Waals surface area contributed by atoms with Crippen LogP contribution in [0, 0.1) is 5.41 Å². The van der Waals surface area contributed by atoms with Crippen molar-refractivity contribution in [2.75, 3.05) is 0 Å². The Morgan fingerprint density at radius 2 is 1.85 bits per heavy atom. The molecule has 20 heavy (non-hydrogen) atoms. The van der Waals surface area contributed by atoms with Crippen LogP contribution in [0.2, 0.25) is 0 Å². The molecule has 2 aliphatic rings. The lowest BCUT2D eigenvalue weighted by molar-refractivity contribution is -0.160. The van der Waals surface area contributed by atoms with E-state index in [0.717, 1.165) is 19.3 Å². The van der Waals surface area contributed by atoms with Gasteiger partial charge in [0.25, 0.3) is 0 Å². The maximum atomic E-state index is 13.1. The van der Waals surface area contributed by atoms with Crippen molar-refractivity contribution in [3.63, 3.8) is 0 Å². The van der Waals surface area contributed by atoms with E-state index in [-0.39, 0.29) is 29.3 Å². The molecule has 1 N–H and O–H groups in total. The molecule has 1 aliphatic heterocycles. The molecular formula is C16H28N2O2. The van der Waals surface area contributed by atoms with Crippen molar-refractivity contribution in [1.29, 1.82) is 0 Å². The smallest absolute Gasteiger partial charge is 0.249 e. The molecule has 4 nitrogen and oxygen atoms in total. The van der Waals surface area contributed by atoms with Gasteiger partial charge in [-0.1, -0.05) is 34.1 Å². The Kier molecular flexibility index (Phi) is 3.87. The topological polar surface area (TPSA) is 49.4 Å². The summed E-state index contributed by atoms with van der Waals surface area (Å²) >= 11 is 0. The molecule has 0 aromatic rings. The van der Waals surface area contributed by atoms with Crippen molar-refractivity contribution in [2.24, 2.45) is 5.41 Å². The maximum absolute atomic E-state index is 13.1. The van der Waals surface area contributed by atoms with Gasteiger partial charge in [-0.25, -0.2) is 0 Å². The van der Waals surface area contributed by atoms with E-state index in [0.29, 0.717) is 12.8 Å². The summed E-state index contributed by atoms with van der Waals surface area (Å²) in [5, 5.41) is 2.98. The molecule has 0 aromatic heterocycles. The van der Waals surface area contributed by atoms with Gasteiger partial charge in [-0.05, 0) is 38.0 Å². The van der Waals surface area contributed by atoms with Gasteiger partial charge in [0.2, 0.25) is 11.8 Å². The van der Waals surface area contributed by atoms with E-state index in [1.165, 1.54) is 0 Å². The van der Waals surface area contributed by atoms with E-state index in [4.69, 9.17) is 0 Å². The average molecular weight is 280 g/mol. The first kappa shape index (κ1) is 15.3. The Morgan fingerprint density at radius 1 is 1.25 bits per heavy atom. The Morgan fingerprint density at radius 3 is 2.30 bits per heavy atom. The van der Waals surface area contributed by atoms with Gasteiger partial charge in [-0.2, -0.15) is 0 Å². The zero-order valence-electron chi connectivity index (χ0n) is 13.5. The average Bonchev–Trinajstić information content (AvgIpc) is 2.74. The van der Waals surface area contributed by atoms with Crippen molar-refractivity contribution >= 4 is 11.8 Å². The van der Waals surface area contributed by atoms with Crippen LogP contribution in [-0.4, -0.2) is 34.3 Å². The standard InChI is InChI=1S/C16H28N2O2/c1-6-16(7-2)14(20)18(11(3)13(19)17-16)12-9-8-10-15(12,4)5/h11-12H,6-10H2,1-5H3,(H,17,19). The minimum absolute atomic E-state index is 0.00370. The van der Waals surface area contributed by atoms with Crippen LogP contribution in [-0.2, 0) is 9.59 Å². The third-order valence-corrected chi connectivity index (χ3v) is 5.55. The molecule has 114 valence electrons. The van der Waals surface area contributed by atoms with Crippen LogP contribution in [0.1, 0.15) is 66.7 Å². The number of hydrogen-bond acceptors (Lipinski definition) is 2. The number of nitrogens with one attached hydrogen (secondary N) is 1. The summed E-state index contributed by atoms with van der Waals surface area (Å²) in [6.45, 7) is 10.3. The molecular weight excluding hydrogens is 252 g/mol. The molecule has 0 radical (unpaired) electrons. The quantitative estimate of drug-likeness (QED) is 0.863. The molecule has 4 heteroatoms. The van der Waals surface area contributed by atoms with Gasteiger partial charge >= 0.3 is 0 Å². The van der Waals surface area contributed by atoms with Gasteiger partial charge < -0.3 is 10.2 Å². The van der Waals surface area contributed by atoms with E-state index >= 15 is 0 Å². The van der Waals surface area contributed by atoms with Gasteiger partial charge in [-0.3, -0.25) is 9.59 Å². The molecule has 0 bridgehead atoms. The summed E-state index contributed by atoms with van der Waals surface area (Å²) in [7, 11) is 0. The van der Waals surface area contributed by atoms with Crippen LogP contribution in [0.15, 0.2) is 0 Å². The lowest BCUT2D eigenvalue weighted by Gasteiger charge is -2.49. The van der Waals surface area contributed by atoms with Crippen LogP contribution < -0.4 is 5.32 Å². The summed E-state index contributed by atoms with van der Waals surface area (Å²) in [6, 6.07) is -0.162.